The molecule has 10 heteroatoms. The summed E-state index contributed by atoms with van der Waals surface area (Å²) in [5.41, 5.74) is 1.94. The van der Waals surface area contributed by atoms with Crippen molar-refractivity contribution >= 4 is 31.7 Å². The number of benzene rings is 1. The number of amides is 1. The fraction of sp³-hybridized carbons (Fsp3) is 0.294. The van der Waals surface area contributed by atoms with E-state index in [1.54, 1.807) is 12.1 Å². The molecule has 0 spiro atoms. The standard InChI is InChI=1S/C17H18BrFN2O5S/c1-17(16(23)20-24,27(2,25)26)6-8-21-7-5-12(10-15(21)22)11-3-4-13(18)14(19)9-11/h3-5,7,9-10,24H,6,8H2,1-2H3,(H,20,23). The van der Waals surface area contributed by atoms with Crippen molar-refractivity contribution < 1.29 is 22.8 Å². The number of aromatic nitrogens is 1. The largest absolute Gasteiger partial charge is 0.315 e. The Morgan fingerprint density at radius 2 is 1.93 bits per heavy atom. The Labute approximate surface area is 163 Å². The minimum absolute atomic E-state index is 0.0647. The molecule has 2 rings (SSSR count). The molecule has 0 saturated heterocycles. The van der Waals surface area contributed by atoms with Crippen molar-refractivity contribution in [3.63, 3.8) is 0 Å². The van der Waals surface area contributed by atoms with Crippen LogP contribution in [0.3, 0.4) is 0 Å². The van der Waals surface area contributed by atoms with E-state index in [1.807, 2.05) is 0 Å². The Hall–Kier alpha value is -2.04. The number of hydrogen-bond donors (Lipinski definition) is 2. The fourth-order valence-electron chi connectivity index (χ4n) is 2.47. The highest BCUT2D eigenvalue weighted by molar-refractivity contribution is 9.10. The van der Waals surface area contributed by atoms with Gasteiger partial charge in [-0.1, -0.05) is 6.07 Å². The number of sulfone groups is 1. The summed E-state index contributed by atoms with van der Waals surface area (Å²) < 4.78 is 37.2. The molecular formula is C17H18BrFN2O5S. The lowest BCUT2D eigenvalue weighted by Gasteiger charge is -2.25. The van der Waals surface area contributed by atoms with Gasteiger partial charge in [-0.2, -0.15) is 0 Å². The first-order chi connectivity index (χ1) is 12.5. The van der Waals surface area contributed by atoms with E-state index < -0.39 is 31.9 Å². The summed E-state index contributed by atoms with van der Waals surface area (Å²) in [4.78, 5) is 24.1. The zero-order valence-corrected chi connectivity index (χ0v) is 17.0. The zero-order chi connectivity index (χ0) is 20.4. The van der Waals surface area contributed by atoms with E-state index in [2.05, 4.69) is 15.9 Å². The van der Waals surface area contributed by atoms with Crippen molar-refractivity contribution in [2.24, 2.45) is 0 Å². The Morgan fingerprint density at radius 1 is 1.30 bits per heavy atom. The van der Waals surface area contributed by atoms with Crippen LogP contribution < -0.4 is 11.0 Å². The van der Waals surface area contributed by atoms with E-state index in [4.69, 9.17) is 5.21 Å². The molecule has 0 aliphatic carbocycles. The molecule has 1 atom stereocenters. The van der Waals surface area contributed by atoms with E-state index in [1.165, 1.54) is 41.4 Å². The van der Waals surface area contributed by atoms with E-state index in [0.29, 0.717) is 15.6 Å². The van der Waals surface area contributed by atoms with Gasteiger partial charge in [0.1, 0.15) is 5.82 Å². The first kappa shape index (κ1) is 21.3. The second-order valence-electron chi connectivity index (χ2n) is 6.27. The van der Waals surface area contributed by atoms with Gasteiger partial charge in [0.25, 0.3) is 11.5 Å². The van der Waals surface area contributed by atoms with Crippen molar-refractivity contribution in [2.75, 3.05) is 6.26 Å². The van der Waals surface area contributed by atoms with Gasteiger partial charge in [-0.15, -0.1) is 0 Å². The molecular weight excluding hydrogens is 443 g/mol. The van der Waals surface area contributed by atoms with Crippen LogP contribution >= 0.6 is 15.9 Å². The zero-order valence-electron chi connectivity index (χ0n) is 14.6. The summed E-state index contributed by atoms with van der Waals surface area (Å²) in [5, 5.41) is 8.82. The topological polar surface area (TPSA) is 105 Å². The monoisotopic (exact) mass is 460 g/mol. The van der Waals surface area contributed by atoms with E-state index in [0.717, 1.165) is 6.26 Å². The third kappa shape index (κ3) is 4.45. The van der Waals surface area contributed by atoms with Crippen molar-refractivity contribution in [2.45, 2.75) is 24.6 Å². The van der Waals surface area contributed by atoms with Gasteiger partial charge in [-0.3, -0.25) is 14.8 Å². The summed E-state index contributed by atoms with van der Waals surface area (Å²) in [7, 11) is -3.85. The third-order valence-electron chi connectivity index (χ3n) is 4.48. The smallest absolute Gasteiger partial charge is 0.264 e. The SMILES string of the molecule is CC(CCn1ccc(-c2ccc(Br)c(F)c2)cc1=O)(C(=O)NO)S(C)(=O)=O. The van der Waals surface area contributed by atoms with Gasteiger partial charge in [0, 0.05) is 25.1 Å². The van der Waals surface area contributed by atoms with Gasteiger partial charge in [0.2, 0.25) is 0 Å². The molecule has 1 amide bonds. The Balaban J connectivity index is 2.29. The van der Waals surface area contributed by atoms with E-state index in [9.17, 15) is 22.4 Å². The molecule has 0 bridgehead atoms. The van der Waals surface area contributed by atoms with E-state index in [-0.39, 0.29) is 13.0 Å². The minimum Gasteiger partial charge on any atom is -0.315 e. The summed E-state index contributed by atoms with van der Waals surface area (Å²) in [6.07, 6.45) is 2.11. The average Bonchev–Trinajstić information content (AvgIpc) is 2.60. The van der Waals surface area contributed by atoms with Gasteiger partial charge >= 0.3 is 0 Å². The maximum atomic E-state index is 13.7. The van der Waals surface area contributed by atoms with Crippen LogP contribution in [0.2, 0.25) is 0 Å². The highest BCUT2D eigenvalue weighted by Crippen LogP contribution is 2.24. The average molecular weight is 461 g/mol. The van der Waals surface area contributed by atoms with Gasteiger partial charge < -0.3 is 4.57 Å². The lowest BCUT2D eigenvalue weighted by atomic mass is 10.1. The van der Waals surface area contributed by atoms with Crippen LogP contribution in [0.4, 0.5) is 4.39 Å². The van der Waals surface area contributed by atoms with Crippen LogP contribution in [-0.2, 0) is 21.2 Å². The summed E-state index contributed by atoms with van der Waals surface area (Å²) in [6, 6.07) is 7.36. The molecule has 1 heterocycles. The lowest BCUT2D eigenvalue weighted by Crippen LogP contribution is -2.49. The highest BCUT2D eigenvalue weighted by atomic mass is 79.9. The second-order valence-corrected chi connectivity index (χ2v) is 9.57. The van der Waals surface area contributed by atoms with Crippen LogP contribution in [0.25, 0.3) is 11.1 Å². The highest BCUT2D eigenvalue weighted by Gasteiger charge is 2.43. The number of hydroxylamine groups is 1. The molecule has 0 radical (unpaired) electrons. The number of nitrogens with zero attached hydrogens (tertiary/aromatic N) is 1. The molecule has 2 N–H and O–H groups in total. The molecule has 7 nitrogen and oxygen atoms in total. The summed E-state index contributed by atoms with van der Waals surface area (Å²) in [6.45, 7) is 1.11. The number of rotatable bonds is 6. The number of nitrogens with one attached hydrogen (secondary N) is 1. The van der Waals surface area contributed by atoms with Gasteiger partial charge in [0.05, 0.1) is 4.47 Å². The Kier molecular flexibility index (Phi) is 6.23. The van der Waals surface area contributed by atoms with Crippen LogP contribution in [0.5, 0.6) is 0 Å². The van der Waals surface area contributed by atoms with Crippen molar-refractivity contribution in [3.05, 3.63) is 57.2 Å². The number of hydrogen-bond acceptors (Lipinski definition) is 5. The van der Waals surface area contributed by atoms with Crippen molar-refractivity contribution in [3.8, 4) is 11.1 Å². The van der Waals surface area contributed by atoms with E-state index >= 15 is 0 Å². The molecule has 0 saturated carbocycles. The van der Waals surface area contributed by atoms with Crippen LogP contribution in [0.15, 0.2) is 45.8 Å². The molecule has 0 aliphatic rings. The maximum Gasteiger partial charge on any atom is 0.264 e. The molecule has 0 fully saturated rings. The van der Waals surface area contributed by atoms with Crippen LogP contribution in [0.1, 0.15) is 13.3 Å². The fourth-order valence-corrected chi connectivity index (χ4v) is 3.56. The quantitative estimate of drug-likeness (QED) is 0.507. The first-order valence-corrected chi connectivity index (χ1v) is 10.5. The van der Waals surface area contributed by atoms with Crippen molar-refractivity contribution in [1.29, 1.82) is 0 Å². The Morgan fingerprint density at radius 3 is 2.44 bits per heavy atom. The number of carbonyl (C=O) groups excluding carboxylic acids is 1. The van der Waals surface area contributed by atoms with Gasteiger partial charge in [-0.05, 0) is 58.6 Å². The predicted molar refractivity (Wildman–Crippen MR) is 102 cm³/mol. The Bertz CT molecular complexity index is 1040. The number of aryl methyl sites for hydroxylation is 1. The lowest BCUT2D eigenvalue weighted by molar-refractivity contribution is -0.131. The molecule has 27 heavy (non-hydrogen) atoms. The second kappa shape index (κ2) is 7.91. The number of carbonyl (C=O) groups is 1. The normalized spacial score (nSPS) is 13.8. The maximum absolute atomic E-state index is 13.7. The number of pyridine rings is 1. The summed E-state index contributed by atoms with van der Waals surface area (Å²) in [5.74, 6) is -1.53. The van der Waals surface area contributed by atoms with Crippen molar-refractivity contribution in [1.82, 2.24) is 10.0 Å². The predicted octanol–water partition coefficient (Wildman–Crippen LogP) is 2.12. The molecule has 1 aromatic heterocycles. The van der Waals surface area contributed by atoms with Gasteiger partial charge in [-0.25, -0.2) is 18.3 Å². The minimum atomic E-state index is -3.85. The molecule has 2 aromatic rings. The molecule has 146 valence electrons. The van der Waals surface area contributed by atoms with Gasteiger partial charge in [0.15, 0.2) is 14.6 Å². The molecule has 1 aromatic carbocycles. The molecule has 1 unspecified atom stereocenters. The summed E-state index contributed by atoms with van der Waals surface area (Å²) >= 11 is 3.06. The molecule has 0 aliphatic heterocycles. The van der Waals surface area contributed by atoms with Crippen LogP contribution in [0, 0.1) is 5.82 Å². The van der Waals surface area contributed by atoms with Crippen LogP contribution in [-0.4, -0.2) is 35.1 Å². The number of halogens is 2. The first-order valence-electron chi connectivity index (χ1n) is 7.79. The third-order valence-corrected chi connectivity index (χ3v) is 7.15.